The highest BCUT2D eigenvalue weighted by Crippen LogP contribution is 2.37. The van der Waals surface area contributed by atoms with Gasteiger partial charge in [0, 0.05) is 6.54 Å². The molecule has 1 aromatic rings. The fourth-order valence-corrected chi connectivity index (χ4v) is 3.57. The van der Waals surface area contributed by atoms with Gasteiger partial charge in [0.05, 0.1) is 23.4 Å². The molecule has 0 aliphatic heterocycles. The standard InChI is InChI=1S/C13H14F6N2O3S/c1-2-21(6-11(20)22)25(23,24)7-8-5-9(12(14,15)16)3-4-10(8)13(17,18)19/h3-5H,2,6-7H2,1H3,(H2,20,22). The minimum Gasteiger partial charge on any atom is -0.369 e. The Kier molecular flexibility index (Phi) is 6.11. The van der Waals surface area contributed by atoms with E-state index in [-0.39, 0.29) is 24.7 Å². The van der Waals surface area contributed by atoms with Crippen LogP contribution in [0.2, 0.25) is 0 Å². The third kappa shape index (κ3) is 5.59. The van der Waals surface area contributed by atoms with E-state index >= 15 is 0 Å². The zero-order chi connectivity index (χ0) is 19.6. The normalized spacial score (nSPS) is 13.3. The van der Waals surface area contributed by atoms with Crippen LogP contribution in [0.15, 0.2) is 18.2 Å². The average molecular weight is 392 g/mol. The summed E-state index contributed by atoms with van der Waals surface area (Å²) in [6, 6.07) is 0.538. The number of nitrogens with zero attached hydrogens (tertiary/aromatic N) is 1. The van der Waals surface area contributed by atoms with Gasteiger partial charge in [-0.2, -0.15) is 30.6 Å². The maximum Gasteiger partial charge on any atom is 0.416 e. The van der Waals surface area contributed by atoms with Crippen molar-refractivity contribution in [3.63, 3.8) is 0 Å². The van der Waals surface area contributed by atoms with Gasteiger partial charge < -0.3 is 5.73 Å². The molecule has 0 saturated heterocycles. The molecule has 0 aromatic heterocycles. The molecule has 0 heterocycles. The first-order valence-electron chi connectivity index (χ1n) is 6.72. The van der Waals surface area contributed by atoms with Crippen LogP contribution in [0.1, 0.15) is 23.6 Å². The third-order valence-electron chi connectivity index (χ3n) is 3.15. The molecule has 0 unspecified atom stereocenters. The highest BCUT2D eigenvalue weighted by molar-refractivity contribution is 7.88. The molecule has 25 heavy (non-hydrogen) atoms. The van der Waals surface area contributed by atoms with Crippen molar-refractivity contribution in [3.8, 4) is 0 Å². The number of rotatable bonds is 6. The molecule has 1 aromatic carbocycles. The molecule has 0 saturated carbocycles. The number of amides is 1. The lowest BCUT2D eigenvalue weighted by Gasteiger charge is -2.21. The van der Waals surface area contributed by atoms with Crippen molar-refractivity contribution >= 4 is 15.9 Å². The number of hydrogen-bond acceptors (Lipinski definition) is 3. The van der Waals surface area contributed by atoms with Crippen molar-refractivity contribution in [2.24, 2.45) is 5.73 Å². The number of hydrogen-bond donors (Lipinski definition) is 1. The predicted molar refractivity (Wildman–Crippen MR) is 75.5 cm³/mol. The summed E-state index contributed by atoms with van der Waals surface area (Å²) in [5.74, 6) is -2.40. The number of carbonyl (C=O) groups is 1. The molecule has 0 bridgehead atoms. The SMILES string of the molecule is CCN(CC(N)=O)S(=O)(=O)Cc1cc(C(F)(F)F)ccc1C(F)(F)F. The van der Waals surface area contributed by atoms with Gasteiger partial charge in [-0.15, -0.1) is 0 Å². The summed E-state index contributed by atoms with van der Waals surface area (Å²) >= 11 is 0. The maximum absolute atomic E-state index is 13.0. The van der Waals surface area contributed by atoms with Crippen LogP contribution in [0, 0.1) is 0 Å². The van der Waals surface area contributed by atoms with Crippen molar-refractivity contribution in [2.75, 3.05) is 13.1 Å². The predicted octanol–water partition coefficient (Wildman–Crippen LogP) is 2.36. The summed E-state index contributed by atoms with van der Waals surface area (Å²) < 4.78 is 102. The lowest BCUT2D eigenvalue weighted by Crippen LogP contribution is -2.39. The Morgan fingerprint density at radius 1 is 1.12 bits per heavy atom. The van der Waals surface area contributed by atoms with Crippen LogP contribution in [-0.4, -0.2) is 31.7 Å². The highest BCUT2D eigenvalue weighted by Gasteiger charge is 2.38. The molecular weight excluding hydrogens is 378 g/mol. The Morgan fingerprint density at radius 2 is 1.68 bits per heavy atom. The zero-order valence-corrected chi connectivity index (χ0v) is 13.6. The number of likely N-dealkylation sites (N-methyl/N-ethyl adjacent to an activating group) is 1. The molecule has 1 amide bonds. The van der Waals surface area contributed by atoms with E-state index in [2.05, 4.69) is 0 Å². The van der Waals surface area contributed by atoms with Crippen molar-refractivity contribution < 1.29 is 39.6 Å². The first kappa shape index (κ1) is 21.2. The van der Waals surface area contributed by atoms with E-state index in [1.165, 1.54) is 6.92 Å². The van der Waals surface area contributed by atoms with Gasteiger partial charge in [0.25, 0.3) is 0 Å². The Bertz CT molecular complexity index is 743. The average Bonchev–Trinajstić information content (AvgIpc) is 2.41. The van der Waals surface area contributed by atoms with Crippen LogP contribution in [0.4, 0.5) is 26.3 Å². The minimum atomic E-state index is -5.05. The van der Waals surface area contributed by atoms with Crippen LogP contribution in [0.5, 0.6) is 0 Å². The first-order valence-corrected chi connectivity index (χ1v) is 8.33. The van der Waals surface area contributed by atoms with E-state index < -0.39 is 57.3 Å². The second-order valence-electron chi connectivity index (χ2n) is 5.02. The van der Waals surface area contributed by atoms with Gasteiger partial charge >= 0.3 is 12.4 Å². The summed E-state index contributed by atoms with van der Waals surface area (Å²) in [6.45, 7) is 0.224. The smallest absolute Gasteiger partial charge is 0.369 e. The van der Waals surface area contributed by atoms with Crippen molar-refractivity contribution in [2.45, 2.75) is 25.0 Å². The number of halogens is 6. The molecule has 0 aliphatic rings. The van der Waals surface area contributed by atoms with Gasteiger partial charge in [-0.1, -0.05) is 6.92 Å². The monoisotopic (exact) mass is 392 g/mol. The molecule has 0 fully saturated rings. The molecular formula is C13H14F6N2O3S. The zero-order valence-electron chi connectivity index (χ0n) is 12.8. The second kappa shape index (κ2) is 7.20. The van der Waals surface area contributed by atoms with E-state index in [0.717, 1.165) is 0 Å². The summed E-state index contributed by atoms with van der Waals surface area (Å²) in [6.07, 6.45) is -9.99. The lowest BCUT2D eigenvalue weighted by molar-refractivity contribution is -0.141. The molecule has 0 aliphatic carbocycles. The van der Waals surface area contributed by atoms with Gasteiger partial charge in [-0.05, 0) is 23.8 Å². The molecule has 0 spiro atoms. The van der Waals surface area contributed by atoms with E-state index in [0.29, 0.717) is 4.31 Å². The number of carbonyl (C=O) groups excluding carboxylic acids is 1. The van der Waals surface area contributed by atoms with E-state index in [1.54, 1.807) is 0 Å². The molecule has 2 N–H and O–H groups in total. The first-order chi connectivity index (χ1) is 11.2. The summed E-state index contributed by atoms with van der Waals surface area (Å²) in [4.78, 5) is 10.9. The number of alkyl halides is 6. The number of primary amides is 1. The lowest BCUT2D eigenvalue weighted by atomic mass is 10.0. The van der Waals surface area contributed by atoms with Gasteiger partial charge in [0.1, 0.15) is 0 Å². The quantitative estimate of drug-likeness (QED) is 0.755. The van der Waals surface area contributed by atoms with Gasteiger partial charge in [-0.25, -0.2) is 8.42 Å². The van der Waals surface area contributed by atoms with Crippen LogP contribution in [0.3, 0.4) is 0 Å². The van der Waals surface area contributed by atoms with Gasteiger partial charge in [0.2, 0.25) is 15.9 Å². The Balaban J connectivity index is 3.40. The molecule has 12 heteroatoms. The molecule has 1 rings (SSSR count). The number of nitrogens with two attached hydrogens (primary N) is 1. The van der Waals surface area contributed by atoms with Crippen LogP contribution < -0.4 is 5.73 Å². The third-order valence-corrected chi connectivity index (χ3v) is 5.00. The second-order valence-corrected chi connectivity index (χ2v) is 6.99. The molecule has 0 atom stereocenters. The largest absolute Gasteiger partial charge is 0.416 e. The molecule has 5 nitrogen and oxygen atoms in total. The van der Waals surface area contributed by atoms with Gasteiger partial charge in [0.15, 0.2) is 0 Å². The highest BCUT2D eigenvalue weighted by atomic mass is 32.2. The maximum atomic E-state index is 13.0. The topological polar surface area (TPSA) is 80.5 Å². The van der Waals surface area contributed by atoms with Gasteiger partial charge in [-0.3, -0.25) is 4.79 Å². The summed E-state index contributed by atoms with van der Waals surface area (Å²) in [7, 11) is -4.50. The van der Waals surface area contributed by atoms with E-state index in [4.69, 9.17) is 5.73 Å². The Morgan fingerprint density at radius 3 is 2.08 bits per heavy atom. The van der Waals surface area contributed by atoms with E-state index in [9.17, 15) is 39.6 Å². The number of sulfonamides is 1. The fraction of sp³-hybridized carbons (Fsp3) is 0.462. The molecule has 0 radical (unpaired) electrons. The number of benzene rings is 1. The van der Waals surface area contributed by atoms with Crippen molar-refractivity contribution in [1.82, 2.24) is 4.31 Å². The fourth-order valence-electron chi connectivity index (χ4n) is 2.03. The van der Waals surface area contributed by atoms with Crippen LogP contribution in [-0.2, 0) is 32.9 Å². The van der Waals surface area contributed by atoms with E-state index in [1.807, 2.05) is 0 Å². The summed E-state index contributed by atoms with van der Waals surface area (Å²) in [5.41, 5.74) is 0.887. The van der Waals surface area contributed by atoms with Crippen LogP contribution >= 0.6 is 0 Å². The Hall–Kier alpha value is -1.82. The summed E-state index contributed by atoms with van der Waals surface area (Å²) in [5, 5.41) is 0. The van der Waals surface area contributed by atoms with Crippen molar-refractivity contribution in [3.05, 3.63) is 34.9 Å². The molecule has 142 valence electrons. The Labute approximate surface area is 139 Å². The van der Waals surface area contributed by atoms with Crippen LogP contribution in [0.25, 0.3) is 0 Å². The van der Waals surface area contributed by atoms with Crippen molar-refractivity contribution in [1.29, 1.82) is 0 Å². The minimum absolute atomic E-state index is 0.137.